The van der Waals surface area contributed by atoms with Crippen LogP contribution in [0.1, 0.15) is 69.4 Å². The largest absolute Gasteiger partial charge is 0.368 e. The van der Waals surface area contributed by atoms with Gasteiger partial charge in [-0.25, -0.2) is 4.98 Å². The molecule has 0 aromatic carbocycles. The Balaban J connectivity index is 2.17. The van der Waals surface area contributed by atoms with Gasteiger partial charge < -0.3 is 5.73 Å². The second-order valence-electron chi connectivity index (χ2n) is 4.91. The van der Waals surface area contributed by atoms with Gasteiger partial charge in [-0.3, -0.25) is 0 Å². The van der Waals surface area contributed by atoms with Crippen LogP contribution in [0.2, 0.25) is 0 Å². The molecular weight excluding hydrogens is 212 g/mol. The summed E-state index contributed by atoms with van der Waals surface area (Å²) in [5, 5.41) is 0. The lowest BCUT2D eigenvalue weighted by molar-refractivity contribution is 0.553. The maximum atomic E-state index is 5.77. The molecule has 1 fully saturated rings. The molecule has 1 aromatic rings. The van der Waals surface area contributed by atoms with Gasteiger partial charge in [-0.1, -0.05) is 32.6 Å². The second kappa shape index (κ2) is 5.94. The number of hydrogen-bond acceptors (Lipinski definition) is 4. The molecule has 4 nitrogen and oxygen atoms in total. The molecule has 4 heteroatoms. The van der Waals surface area contributed by atoms with Crippen LogP contribution in [-0.2, 0) is 6.42 Å². The van der Waals surface area contributed by atoms with Crippen LogP contribution in [0, 0.1) is 0 Å². The minimum atomic E-state index is 0.391. The van der Waals surface area contributed by atoms with Crippen molar-refractivity contribution in [3.63, 3.8) is 0 Å². The molecule has 1 saturated carbocycles. The van der Waals surface area contributed by atoms with Crippen LogP contribution in [0.3, 0.4) is 0 Å². The Kier molecular flexibility index (Phi) is 4.29. The Labute approximate surface area is 103 Å². The Hall–Kier alpha value is -1.19. The smallest absolute Gasteiger partial charge is 0.223 e. The van der Waals surface area contributed by atoms with E-state index in [-0.39, 0.29) is 0 Å². The maximum Gasteiger partial charge on any atom is 0.223 e. The van der Waals surface area contributed by atoms with Crippen molar-refractivity contribution in [3.05, 3.63) is 11.6 Å². The first-order chi connectivity index (χ1) is 8.29. The molecule has 1 aliphatic rings. The molecule has 0 radical (unpaired) electrons. The van der Waals surface area contributed by atoms with E-state index in [9.17, 15) is 0 Å². The molecular formula is C13H22N4. The monoisotopic (exact) mass is 234 g/mol. The summed E-state index contributed by atoms with van der Waals surface area (Å²) in [7, 11) is 0. The minimum Gasteiger partial charge on any atom is -0.368 e. The summed E-state index contributed by atoms with van der Waals surface area (Å²) in [6, 6.07) is 0. The number of nitrogens with two attached hydrogens (primary N) is 1. The minimum absolute atomic E-state index is 0.391. The fourth-order valence-corrected chi connectivity index (χ4v) is 2.51. The molecule has 2 N–H and O–H groups in total. The van der Waals surface area contributed by atoms with E-state index in [1.807, 2.05) is 0 Å². The van der Waals surface area contributed by atoms with Crippen LogP contribution in [0.5, 0.6) is 0 Å². The molecule has 0 aliphatic heterocycles. The van der Waals surface area contributed by atoms with Crippen LogP contribution < -0.4 is 5.73 Å². The zero-order chi connectivity index (χ0) is 12.1. The van der Waals surface area contributed by atoms with Crippen molar-refractivity contribution in [3.8, 4) is 0 Å². The molecule has 0 amide bonds. The molecule has 1 heterocycles. The van der Waals surface area contributed by atoms with Crippen molar-refractivity contribution in [2.75, 3.05) is 5.73 Å². The van der Waals surface area contributed by atoms with Gasteiger partial charge in [-0.2, -0.15) is 9.97 Å². The van der Waals surface area contributed by atoms with E-state index in [2.05, 4.69) is 21.9 Å². The topological polar surface area (TPSA) is 64.7 Å². The number of aromatic nitrogens is 3. The van der Waals surface area contributed by atoms with Crippen molar-refractivity contribution >= 4 is 5.95 Å². The zero-order valence-electron chi connectivity index (χ0n) is 10.7. The predicted octanol–water partition coefficient (Wildman–Crippen LogP) is 2.84. The van der Waals surface area contributed by atoms with E-state index >= 15 is 0 Å². The standard InChI is InChI=1S/C13H22N4/c1-2-7-11-15-12(17-13(14)16-11)10-8-5-3-4-6-9-10/h10H,2-9H2,1H3,(H2,14,15,16,17). The highest BCUT2D eigenvalue weighted by Crippen LogP contribution is 2.29. The van der Waals surface area contributed by atoms with Gasteiger partial charge in [0.15, 0.2) is 0 Å². The van der Waals surface area contributed by atoms with Gasteiger partial charge in [0.1, 0.15) is 11.6 Å². The third kappa shape index (κ3) is 3.38. The first kappa shape index (κ1) is 12.3. The van der Waals surface area contributed by atoms with Gasteiger partial charge in [0, 0.05) is 12.3 Å². The van der Waals surface area contributed by atoms with Crippen molar-refractivity contribution in [2.24, 2.45) is 0 Å². The van der Waals surface area contributed by atoms with Crippen molar-refractivity contribution in [1.82, 2.24) is 15.0 Å². The highest BCUT2D eigenvalue weighted by molar-refractivity contribution is 5.17. The number of hydrogen-bond donors (Lipinski definition) is 1. The first-order valence-corrected chi connectivity index (χ1v) is 6.80. The van der Waals surface area contributed by atoms with Gasteiger partial charge in [0.05, 0.1) is 0 Å². The molecule has 0 spiro atoms. The van der Waals surface area contributed by atoms with Gasteiger partial charge in [-0.15, -0.1) is 0 Å². The third-order valence-corrected chi connectivity index (χ3v) is 3.41. The summed E-state index contributed by atoms with van der Waals surface area (Å²) >= 11 is 0. The normalized spacial score (nSPS) is 17.9. The van der Waals surface area contributed by atoms with Crippen LogP contribution in [0.4, 0.5) is 5.95 Å². The van der Waals surface area contributed by atoms with E-state index in [1.54, 1.807) is 0 Å². The SMILES string of the molecule is CCCc1nc(N)nc(C2CCCCCC2)n1. The quantitative estimate of drug-likeness (QED) is 0.817. The molecule has 1 aliphatic carbocycles. The fraction of sp³-hybridized carbons (Fsp3) is 0.769. The molecule has 2 rings (SSSR count). The van der Waals surface area contributed by atoms with E-state index in [1.165, 1.54) is 38.5 Å². The zero-order valence-corrected chi connectivity index (χ0v) is 10.7. The summed E-state index contributed by atoms with van der Waals surface area (Å²) in [6.07, 6.45) is 9.63. The number of rotatable bonds is 3. The summed E-state index contributed by atoms with van der Waals surface area (Å²) in [4.78, 5) is 13.1. The number of anilines is 1. The molecule has 94 valence electrons. The number of nitrogen functional groups attached to an aromatic ring is 1. The van der Waals surface area contributed by atoms with Gasteiger partial charge in [0.25, 0.3) is 0 Å². The summed E-state index contributed by atoms with van der Waals surface area (Å²) in [5.41, 5.74) is 5.77. The summed E-state index contributed by atoms with van der Waals surface area (Å²) in [6.45, 7) is 2.13. The Bertz CT molecular complexity index is 356. The lowest BCUT2D eigenvalue weighted by Gasteiger charge is -2.13. The van der Waals surface area contributed by atoms with Crippen molar-refractivity contribution < 1.29 is 0 Å². The van der Waals surface area contributed by atoms with Crippen molar-refractivity contribution in [1.29, 1.82) is 0 Å². The van der Waals surface area contributed by atoms with Crippen LogP contribution in [-0.4, -0.2) is 15.0 Å². The van der Waals surface area contributed by atoms with Crippen LogP contribution in [0.15, 0.2) is 0 Å². The molecule has 1 aromatic heterocycles. The number of aryl methyl sites for hydroxylation is 1. The van der Waals surface area contributed by atoms with Crippen LogP contribution >= 0.6 is 0 Å². The molecule has 0 saturated heterocycles. The average molecular weight is 234 g/mol. The highest BCUT2D eigenvalue weighted by atomic mass is 15.1. The Morgan fingerprint density at radius 2 is 1.76 bits per heavy atom. The van der Waals surface area contributed by atoms with E-state index in [4.69, 9.17) is 5.73 Å². The Morgan fingerprint density at radius 1 is 1.06 bits per heavy atom. The summed E-state index contributed by atoms with van der Waals surface area (Å²) in [5.74, 6) is 2.68. The van der Waals surface area contributed by atoms with Gasteiger partial charge >= 0.3 is 0 Å². The van der Waals surface area contributed by atoms with E-state index < -0.39 is 0 Å². The second-order valence-corrected chi connectivity index (χ2v) is 4.91. The van der Waals surface area contributed by atoms with E-state index in [0.717, 1.165) is 24.5 Å². The molecule has 0 unspecified atom stereocenters. The first-order valence-electron chi connectivity index (χ1n) is 6.80. The Morgan fingerprint density at radius 3 is 2.41 bits per heavy atom. The molecule has 0 bridgehead atoms. The van der Waals surface area contributed by atoms with Gasteiger partial charge in [0.2, 0.25) is 5.95 Å². The average Bonchev–Trinajstić information content (AvgIpc) is 2.57. The fourth-order valence-electron chi connectivity index (χ4n) is 2.51. The van der Waals surface area contributed by atoms with Gasteiger partial charge in [-0.05, 0) is 19.3 Å². The molecule has 17 heavy (non-hydrogen) atoms. The molecule has 0 atom stereocenters. The summed E-state index contributed by atoms with van der Waals surface area (Å²) < 4.78 is 0. The highest BCUT2D eigenvalue weighted by Gasteiger charge is 2.18. The maximum absolute atomic E-state index is 5.77. The lowest BCUT2D eigenvalue weighted by atomic mass is 9.99. The third-order valence-electron chi connectivity index (χ3n) is 3.41. The van der Waals surface area contributed by atoms with Crippen molar-refractivity contribution in [2.45, 2.75) is 64.2 Å². The van der Waals surface area contributed by atoms with E-state index in [0.29, 0.717) is 11.9 Å². The predicted molar refractivity (Wildman–Crippen MR) is 68.7 cm³/mol. The van der Waals surface area contributed by atoms with Crippen LogP contribution in [0.25, 0.3) is 0 Å². The number of nitrogens with zero attached hydrogens (tertiary/aromatic N) is 3. The lowest BCUT2D eigenvalue weighted by Crippen LogP contribution is -2.11.